The number of aliphatic carboxylic acids is 1. The highest BCUT2D eigenvalue weighted by Crippen LogP contribution is 2.33. The van der Waals surface area contributed by atoms with Crippen LogP contribution >= 0.6 is 11.8 Å². The van der Waals surface area contributed by atoms with Gasteiger partial charge in [-0.3, -0.25) is 14.5 Å². The Balaban J connectivity index is 2.40. The van der Waals surface area contributed by atoms with Crippen molar-refractivity contribution in [3.05, 3.63) is 35.2 Å². The van der Waals surface area contributed by atoms with E-state index in [1.807, 2.05) is 36.6 Å². The monoisotopic (exact) mass is 293 g/mol. The van der Waals surface area contributed by atoms with E-state index < -0.39 is 5.97 Å². The molecule has 5 nitrogen and oxygen atoms in total. The number of amides is 1. The second-order valence-corrected chi connectivity index (χ2v) is 4.97. The molecular formula is C14H15NO4S. The van der Waals surface area contributed by atoms with E-state index in [4.69, 9.17) is 9.84 Å². The van der Waals surface area contributed by atoms with Crippen molar-refractivity contribution in [1.82, 2.24) is 4.90 Å². The zero-order chi connectivity index (χ0) is 14.5. The van der Waals surface area contributed by atoms with E-state index in [0.29, 0.717) is 18.1 Å². The molecule has 0 spiro atoms. The van der Waals surface area contributed by atoms with Crippen molar-refractivity contribution in [3.8, 4) is 5.75 Å². The maximum Gasteiger partial charge on any atom is 0.323 e. The quantitative estimate of drug-likeness (QED) is 0.900. The van der Waals surface area contributed by atoms with Gasteiger partial charge in [-0.1, -0.05) is 12.1 Å². The first-order chi connectivity index (χ1) is 9.63. The third-order valence-electron chi connectivity index (χ3n) is 2.75. The highest BCUT2D eigenvalue weighted by Gasteiger charge is 2.26. The van der Waals surface area contributed by atoms with E-state index in [9.17, 15) is 9.59 Å². The summed E-state index contributed by atoms with van der Waals surface area (Å²) in [6, 6.07) is 7.31. The lowest BCUT2D eigenvalue weighted by Gasteiger charge is -2.28. The Hall–Kier alpha value is -1.95. The summed E-state index contributed by atoms with van der Waals surface area (Å²) < 4.78 is 5.54. The van der Waals surface area contributed by atoms with Crippen LogP contribution in [0.15, 0.2) is 29.7 Å². The normalized spacial score (nSPS) is 14.9. The van der Waals surface area contributed by atoms with E-state index in [0.717, 1.165) is 5.56 Å². The summed E-state index contributed by atoms with van der Waals surface area (Å²) in [6.07, 6.45) is 0. The standard InChI is InChI=1S/C14H15NO4S/c1-2-19-12-6-4-3-5-10(12)11-8-20-9-13(16)15(11)7-14(17)18/h3-6,8H,2,7,9H2,1H3,(H,17,18). The Kier molecular flexibility index (Phi) is 4.68. The molecule has 0 saturated heterocycles. The summed E-state index contributed by atoms with van der Waals surface area (Å²) >= 11 is 1.36. The predicted molar refractivity (Wildman–Crippen MR) is 77.4 cm³/mol. The van der Waals surface area contributed by atoms with Crippen LogP contribution in [0.25, 0.3) is 5.70 Å². The highest BCUT2D eigenvalue weighted by molar-refractivity contribution is 8.03. The van der Waals surface area contributed by atoms with Gasteiger partial charge in [0.15, 0.2) is 0 Å². The first-order valence-corrected chi connectivity index (χ1v) is 7.24. The molecule has 1 N–H and O–H groups in total. The molecule has 1 amide bonds. The number of hydrogen-bond acceptors (Lipinski definition) is 4. The van der Waals surface area contributed by atoms with Gasteiger partial charge >= 0.3 is 5.97 Å². The van der Waals surface area contributed by atoms with Crippen LogP contribution in [0.2, 0.25) is 0 Å². The van der Waals surface area contributed by atoms with Crippen LogP contribution in [0.1, 0.15) is 12.5 Å². The Morgan fingerprint density at radius 1 is 1.45 bits per heavy atom. The molecule has 1 aromatic carbocycles. The van der Waals surface area contributed by atoms with E-state index in [-0.39, 0.29) is 18.2 Å². The molecular weight excluding hydrogens is 278 g/mol. The number of carbonyl (C=O) groups excluding carboxylic acids is 1. The zero-order valence-corrected chi connectivity index (χ0v) is 11.9. The number of ether oxygens (including phenoxy) is 1. The number of rotatable bonds is 5. The van der Waals surface area contributed by atoms with Crippen LogP contribution in [0.5, 0.6) is 5.75 Å². The molecule has 20 heavy (non-hydrogen) atoms. The fourth-order valence-electron chi connectivity index (χ4n) is 1.94. The van der Waals surface area contributed by atoms with Crippen LogP contribution in [0, 0.1) is 0 Å². The molecule has 0 atom stereocenters. The molecule has 1 heterocycles. The SMILES string of the molecule is CCOc1ccccc1C1=CSCC(=O)N1CC(=O)O. The van der Waals surface area contributed by atoms with Gasteiger partial charge in [0, 0.05) is 5.56 Å². The van der Waals surface area contributed by atoms with Crippen molar-refractivity contribution in [2.45, 2.75) is 6.92 Å². The summed E-state index contributed by atoms with van der Waals surface area (Å²) in [5.41, 5.74) is 1.31. The maximum absolute atomic E-state index is 11.9. The van der Waals surface area contributed by atoms with Crippen molar-refractivity contribution < 1.29 is 19.4 Å². The lowest BCUT2D eigenvalue weighted by Crippen LogP contribution is -2.37. The van der Waals surface area contributed by atoms with Gasteiger partial charge in [0.2, 0.25) is 5.91 Å². The Morgan fingerprint density at radius 2 is 2.20 bits per heavy atom. The molecule has 0 aromatic heterocycles. The largest absolute Gasteiger partial charge is 0.493 e. The first kappa shape index (κ1) is 14.5. The summed E-state index contributed by atoms with van der Waals surface area (Å²) in [5.74, 6) is -0.341. The molecule has 106 valence electrons. The molecule has 1 aliphatic rings. The Bertz CT molecular complexity index is 556. The van der Waals surface area contributed by atoms with Gasteiger partial charge in [-0.05, 0) is 24.5 Å². The van der Waals surface area contributed by atoms with Crippen LogP contribution in [-0.4, -0.2) is 40.8 Å². The third kappa shape index (κ3) is 3.14. The average Bonchev–Trinajstić information content (AvgIpc) is 2.42. The van der Waals surface area contributed by atoms with Crippen LogP contribution in [0.3, 0.4) is 0 Å². The molecule has 6 heteroatoms. The van der Waals surface area contributed by atoms with Crippen molar-refractivity contribution in [1.29, 1.82) is 0 Å². The van der Waals surface area contributed by atoms with Crippen LogP contribution in [0.4, 0.5) is 0 Å². The summed E-state index contributed by atoms with van der Waals surface area (Å²) in [7, 11) is 0. The summed E-state index contributed by atoms with van der Waals surface area (Å²) in [4.78, 5) is 24.2. The Morgan fingerprint density at radius 3 is 2.90 bits per heavy atom. The fraction of sp³-hybridized carbons (Fsp3) is 0.286. The molecule has 0 bridgehead atoms. The second kappa shape index (κ2) is 6.47. The molecule has 0 unspecified atom stereocenters. The minimum Gasteiger partial charge on any atom is -0.493 e. The lowest BCUT2D eigenvalue weighted by molar-refractivity contribution is -0.141. The van der Waals surface area contributed by atoms with E-state index >= 15 is 0 Å². The van der Waals surface area contributed by atoms with E-state index in [1.54, 1.807) is 0 Å². The van der Waals surface area contributed by atoms with E-state index in [2.05, 4.69) is 0 Å². The molecule has 0 aliphatic carbocycles. The number of carbonyl (C=O) groups is 2. The molecule has 1 aromatic rings. The van der Waals surface area contributed by atoms with E-state index in [1.165, 1.54) is 16.7 Å². The van der Waals surface area contributed by atoms with Crippen molar-refractivity contribution in [2.24, 2.45) is 0 Å². The minimum absolute atomic E-state index is 0.207. The maximum atomic E-state index is 11.9. The van der Waals surface area contributed by atoms with Gasteiger partial charge in [0.1, 0.15) is 12.3 Å². The van der Waals surface area contributed by atoms with Crippen LogP contribution < -0.4 is 4.74 Å². The van der Waals surface area contributed by atoms with Crippen LogP contribution in [-0.2, 0) is 9.59 Å². The second-order valence-electron chi connectivity index (χ2n) is 4.12. The molecule has 0 radical (unpaired) electrons. The number of benzene rings is 1. The number of nitrogens with zero attached hydrogens (tertiary/aromatic N) is 1. The highest BCUT2D eigenvalue weighted by atomic mass is 32.2. The molecule has 1 aliphatic heterocycles. The van der Waals surface area contributed by atoms with Gasteiger partial charge in [0.05, 0.1) is 18.1 Å². The summed E-state index contributed by atoms with van der Waals surface area (Å²) in [5, 5.41) is 10.8. The average molecular weight is 293 g/mol. The first-order valence-electron chi connectivity index (χ1n) is 6.19. The van der Waals surface area contributed by atoms with Crippen molar-refractivity contribution in [3.63, 3.8) is 0 Å². The van der Waals surface area contributed by atoms with Gasteiger partial charge in [-0.25, -0.2) is 0 Å². The van der Waals surface area contributed by atoms with Gasteiger partial charge in [-0.15, -0.1) is 11.8 Å². The fourth-order valence-corrected chi connectivity index (χ4v) is 2.74. The Labute approximate surface area is 121 Å². The number of carboxylic acid groups (broad SMARTS) is 1. The third-order valence-corrected chi connectivity index (χ3v) is 3.55. The predicted octanol–water partition coefficient (Wildman–Crippen LogP) is 2.04. The number of carboxylic acids is 1. The zero-order valence-electron chi connectivity index (χ0n) is 11.0. The molecule has 0 saturated carbocycles. The smallest absolute Gasteiger partial charge is 0.323 e. The number of para-hydroxylation sites is 1. The lowest BCUT2D eigenvalue weighted by atomic mass is 10.1. The molecule has 0 fully saturated rings. The van der Waals surface area contributed by atoms with Crippen molar-refractivity contribution in [2.75, 3.05) is 18.9 Å². The topological polar surface area (TPSA) is 66.8 Å². The van der Waals surface area contributed by atoms with Crippen molar-refractivity contribution >= 4 is 29.3 Å². The number of thioether (sulfide) groups is 1. The summed E-state index contributed by atoms with van der Waals surface area (Å²) in [6.45, 7) is 2.04. The van der Waals surface area contributed by atoms with Gasteiger partial charge < -0.3 is 9.84 Å². The molecule has 2 rings (SSSR count). The minimum atomic E-state index is -1.04. The number of hydrogen-bond donors (Lipinski definition) is 1. The van der Waals surface area contributed by atoms with Gasteiger partial charge in [-0.2, -0.15) is 0 Å². The van der Waals surface area contributed by atoms with Gasteiger partial charge in [0.25, 0.3) is 0 Å².